The first-order valence-electron chi connectivity index (χ1n) is 6.09. The van der Waals surface area contributed by atoms with E-state index in [0.717, 1.165) is 0 Å². The van der Waals surface area contributed by atoms with Crippen LogP contribution in [0.25, 0.3) is 6.08 Å². The van der Waals surface area contributed by atoms with Gasteiger partial charge in [-0.3, -0.25) is 4.79 Å². The second-order valence-corrected chi connectivity index (χ2v) is 4.70. The van der Waals surface area contributed by atoms with Gasteiger partial charge in [0.25, 0.3) is 0 Å². The van der Waals surface area contributed by atoms with Crippen molar-refractivity contribution < 1.29 is 19.7 Å². The van der Waals surface area contributed by atoms with Crippen molar-refractivity contribution in [1.29, 1.82) is 0 Å². The molecule has 2 N–H and O–H groups in total. The standard InChI is InChI=1S/C16H13ClO4/c1-21-12-5-3-11(4-6-12)14(18)7-2-10-8-13(17)16(20)15(19)9-10/h2-9,19-20H,1H3/b7-2+. The molecule has 0 amide bonds. The first kappa shape index (κ1) is 14.9. The Morgan fingerprint density at radius 3 is 2.43 bits per heavy atom. The number of hydrogen-bond donors (Lipinski definition) is 2. The van der Waals surface area contributed by atoms with E-state index < -0.39 is 0 Å². The summed E-state index contributed by atoms with van der Waals surface area (Å²) in [5.74, 6) is -0.235. The average molecular weight is 305 g/mol. The van der Waals surface area contributed by atoms with Gasteiger partial charge in [0.15, 0.2) is 17.3 Å². The summed E-state index contributed by atoms with van der Waals surface area (Å²) >= 11 is 5.74. The highest BCUT2D eigenvalue weighted by Crippen LogP contribution is 2.34. The summed E-state index contributed by atoms with van der Waals surface area (Å²) in [4.78, 5) is 12.0. The first-order valence-corrected chi connectivity index (χ1v) is 6.47. The largest absolute Gasteiger partial charge is 0.504 e. The topological polar surface area (TPSA) is 66.8 Å². The number of allylic oxidation sites excluding steroid dienone is 1. The van der Waals surface area contributed by atoms with Crippen molar-refractivity contribution in [3.63, 3.8) is 0 Å². The molecular weight excluding hydrogens is 292 g/mol. The molecule has 2 rings (SSSR count). The molecule has 0 aliphatic heterocycles. The Labute approximate surface area is 126 Å². The third-order valence-corrected chi connectivity index (χ3v) is 3.16. The molecule has 2 aromatic rings. The molecule has 0 aliphatic rings. The van der Waals surface area contributed by atoms with E-state index in [1.165, 1.54) is 24.3 Å². The van der Waals surface area contributed by atoms with Gasteiger partial charge in [-0.25, -0.2) is 0 Å². The zero-order valence-corrected chi connectivity index (χ0v) is 12.0. The molecule has 5 heteroatoms. The zero-order chi connectivity index (χ0) is 15.4. The molecule has 0 radical (unpaired) electrons. The summed E-state index contributed by atoms with van der Waals surface area (Å²) < 4.78 is 5.02. The Balaban J connectivity index is 2.18. The molecule has 0 saturated carbocycles. The number of aromatic hydroxyl groups is 2. The second-order valence-electron chi connectivity index (χ2n) is 4.30. The number of hydrogen-bond acceptors (Lipinski definition) is 4. The normalized spacial score (nSPS) is 10.8. The van der Waals surface area contributed by atoms with Gasteiger partial charge >= 0.3 is 0 Å². The lowest BCUT2D eigenvalue weighted by Crippen LogP contribution is -1.94. The zero-order valence-electron chi connectivity index (χ0n) is 11.2. The number of halogens is 1. The molecule has 0 aliphatic carbocycles. The summed E-state index contributed by atoms with van der Waals surface area (Å²) in [5, 5.41) is 18.8. The van der Waals surface area contributed by atoms with E-state index >= 15 is 0 Å². The van der Waals surface area contributed by atoms with Crippen molar-refractivity contribution >= 4 is 23.5 Å². The smallest absolute Gasteiger partial charge is 0.185 e. The van der Waals surface area contributed by atoms with Crippen molar-refractivity contribution in [3.05, 3.63) is 58.6 Å². The summed E-state index contributed by atoms with van der Waals surface area (Å²) in [6.07, 6.45) is 2.88. The number of benzene rings is 2. The van der Waals surface area contributed by atoms with Crippen LogP contribution in [0.3, 0.4) is 0 Å². The van der Waals surface area contributed by atoms with Crippen LogP contribution >= 0.6 is 11.6 Å². The number of carbonyl (C=O) groups excluding carboxylic acids is 1. The molecule has 2 aromatic carbocycles. The van der Waals surface area contributed by atoms with Crippen LogP contribution < -0.4 is 4.74 Å². The minimum atomic E-state index is -0.379. The summed E-state index contributed by atoms with van der Waals surface area (Å²) in [7, 11) is 1.55. The van der Waals surface area contributed by atoms with Crippen LogP contribution in [0.15, 0.2) is 42.5 Å². The molecule has 21 heavy (non-hydrogen) atoms. The van der Waals surface area contributed by atoms with E-state index in [9.17, 15) is 15.0 Å². The maximum Gasteiger partial charge on any atom is 0.185 e. The van der Waals surface area contributed by atoms with Gasteiger partial charge in [0.05, 0.1) is 12.1 Å². The lowest BCUT2D eigenvalue weighted by atomic mass is 10.1. The predicted molar refractivity (Wildman–Crippen MR) is 81.1 cm³/mol. The number of methoxy groups -OCH3 is 1. The average Bonchev–Trinajstić information content (AvgIpc) is 2.50. The number of ketones is 1. The minimum Gasteiger partial charge on any atom is -0.504 e. The van der Waals surface area contributed by atoms with Crippen LogP contribution in [0.5, 0.6) is 17.2 Å². The van der Waals surface area contributed by atoms with Gasteiger partial charge in [-0.05, 0) is 48.0 Å². The third kappa shape index (κ3) is 3.55. The van der Waals surface area contributed by atoms with Crippen molar-refractivity contribution in [2.24, 2.45) is 0 Å². The lowest BCUT2D eigenvalue weighted by Gasteiger charge is -2.02. The number of phenols is 2. The summed E-state index contributed by atoms with van der Waals surface area (Å²) in [6, 6.07) is 9.49. The highest BCUT2D eigenvalue weighted by Gasteiger charge is 2.06. The fourth-order valence-corrected chi connectivity index (χ4v) is 1.95. The molecule has 0 aromatic heterocycles. The molecule has 0 atom stereocenters. The fraction of sp³-hybridized carbons (Fsp3) is 0.0625. The van der Waals surface area contributed by atoms with E-state index in [0.29, 0.717) is 16.9 Å². The quantitative estimate of drug-likeness (QED) is 0.514. The molecule has 108 valence electrons. The van der Waals surface area contributed by atoms with E-state index in [4.69, 9.17) is 16.3 Å². The number of phenolic OH excluding ortho intramolecular Hbond substituents is 2. The highest BCUT2D eigenvalue weighted by atomic mass is 35.5. The Hall–Kier alpha value is -2.46. The van der Waals surface area contributed by atoms with Crippen LogP contribution in [-0.4, -0.2) is 23.1 Å². The van der Waals surface area contributed by atoms with Crippen molar-refractivity contribution in [2.75, 3.05) is 7.11 Å². The van der Waals surface area contributed by atoms with Crippen LogP contribution in [0.4, 0.5) is 0 Å². The van der Waals surface area contributed by atoms with Crippen LogP contribution in [0.2, 0.25) is 5.02 Å². The first-order chi connectivity index (χ1) is 10.0. The molecule has 0 saturated heterocycles. The molecule has 0 fully saturated rings. The Morgan fingerprint density at radius 1 is 1.19 bits per heavy atom. The van der Waals surface area contributed by atoms with Crippen molar-refractivity contribution in [1.82, 2.24) is 0 Å². The van der Waals surface area contributed by atoms with Crippen LogP contribution in [-0.2, 0) is 0 Å². The van der Waals surface area contributed by atoms with Crippen molar-refractivity contribution in [3.8, 4) is 17.2 Å². The Morgan fingerprint density at radius 2 is 1.86 bits per heavy atom. The molecule has 0 unspecified atom stereocenters. The summed E-state index contributed by atoms with van der Waals surface area (Å²) in [5.41, 5.74) is 1.03. The van der Waals surface area contributed by atoms with Gasteiger partial charge in [-0.15, -0.1) is 0 Å². The van der Waals surface area contributed by atoms with E-state index in [2.05, 4.69) is 0 Å². The molecule has 0 bridgehead atoms. The maximum atomic E-state index is 12.0. The van der Waals surface area contributed by atoms with E-state index in [-0.39, 0.29) is 22.3 Å². The minimum absolute atomic E-state index is 0.0200. The van der Waals surface area contributed by atoms with E-state index in [1.54, 1.807) is 31.4 Å². The number of ether oxygens (including phenoxy) is 1. The Bertz CT molecular complexity index is 667. The predicted octanol–water partition coefficient (Wildman–Crippen LogP) is 3.66. The van der Waals surface area contributed by atoms with Crippen molar-refractivity contribution in [2.45, 2.75) is 0 Å². The van der Waals surface area contributed by atoms with Gasteiger partial charge in [0.2, 0.25) is 0 Å². The number of carbonyl (C=O) groups is 1. The van der Waals surface area contributed by atoms with Gasteiger partial charge in [-0.1, -0.05) is 17.7 Å². The molecule has 0 heterocycles. The number of rotatable bonds is 4. The highest BCUT2D eigenvalue weighted by molar-refractivity contribution is 6.32. The van der Waals surface area contributed by atoms with Gasteiger partial charge in [0.1, 0.15) is 5.75 Å². The lowest BCUT2D eigenvalue weighted by molar-refractivity contribution is 0.104. The van der Waals surface area contributed by atoms with Gasteiger partial charge < -0.3 is 14.9 Å². The molecule has 4 nitrogen and oxygen atoms in total. The van der Waals surface area contributed by atoms with Crippen LogP contribution in [0, 0.1) is 0 Å². The third-order valence-electron chi connectivity index (χ3n) is 2.87. The van der Waals surface area contributed by atoms with Gasteiger partial charge in [-0.2, -0.15) is 0 Å². The van der Waals surface area contributed by atoms with Gasteiger partial charge in [0, 0.05) is 5.56 Å². The van der Waals surface area contributed by atoms with E-state index in [1.807, 2.05) is 0 Å². The fourth-order valence-electron chi connectivity index (χ4n) is 1.72. The SMILES string of the molecule is COc1ccc(C(=O)/C=C/c2cc(O)c(O)c(Cl)c2)cc1. The molecule has 0 spiro atoms. The second kappa shape index (κ2) is 6.33. The summed E-state index contributed by atoms with van der Waals surface area (Å²) in [6.45, 7) is 0. The monoisotopic (exact) mass is 304 g/mol. The maximum absolute atomic E-state index is 12.0. The molecular formula is C16H13ClO4. The Kier molecular flexibility index (Phi) is 4.50. The van der Waals surface area contributed by atoms with Crippen LogP contribution in [0.1, 0.15) is 15.9 Å².